The number of rotatable bonds is 5. The summed E-state index contributed by atoms with van der Waals surface area (Å²) in [4.78, 5) is 0.266. The van der Waals surface area contributed by atoms with Gasteiger partial charge in [0.15, 0.2) is 0 Å². The molecule has 0 spiro atoms. The number of nitrogens with zero attached hydrogens (tertiary/aromatic N) is 3. The van der Waals surface area contributed by atoms with Crippen molar-refractivity contribution >= 4 is 21.6 Å². The second-order valence-corrected chi connectivity index (χ2v) is 9.06. The first kappa shape index (κ1) is 17.0. The van der Waals surface area contributed by atoms with E-state index in [1.807, 2.05) is 18.2 Å². The zero-order valence-corrected chi connectivity index (χ0v) is 15.4. The Morgan fingerprint density at radius 2 is 2.16 bits per heavy atom. The van der Waals surface area contributed by atoms with Gasteiger partial charge in [-0.05, 0) is 36.5 Å². The molecule has 1 aromatic carbocycles. The Kier molecular flexibility index (Phi) is 4.58. The molecule has 2 heterocycles. The van der Waals surface area contributed by atoms with Crippen molar-refractivity contribution in [2.24, 2.45) is 5.92 Å². The van der Waals surface area contributed by atoms with E-state index in [0.717, 1.165) is 12.1 Å². The van der Waals surface area contributed by atoms with Crippen LogP contribution in [-0.2, 0) is 16.6 Å². The molecule has 2 fully saturated rings. The van der Waals surface area contributed by atoms with Gasteiger partial charge in [0.05, 0.1) is 12.2 Å². The van der Waals surface area contributed by atoms with Gasteiger partial charge in [-0.2, -0.15) is 9.40 Å². The van der Waals surface area contributed by atoms with Crippen molar-refractivity contribution in [2.45, 2.75) is 30.3 Å². The van der Waals surface area contributed by atoms with Gasteiger partial charge < -0.3 is 5.32 Å². The van der Waals surface area contributed by atoms with Crippen LogP contribution >= 0.6 is 11.6 Å². The van der Waals surface area contributed by atoms with Gasteiger partial charge in [0.2, 0.25) is 10.0 Å². The third-order valence-corrected chi connectivity index (χ3v) is 6.88. The molecule has 1 saturated heterocycles. The summed E-state index contributed by atoms with van der Waals surface area (Å²) in [7, 11) is -3.60. The first-order valence-electron chi connectivity index (χ1n) is 8.54. The van der Waals surface area contributed by atoms with Gasteiger partial charge in [0.25, 0.3) is 0 Å². The number of nitrogens with one attached hydrogen (secondary N) is 1. The summed E-state index contributed by atoms with van der Waals surface area (Å²) in [6, 6.07) is 7.12. The fraction of sp³-hybridized carbons (Fsp3) is 0.471. The van der Waals surface area contributed by atoms with E-state index < -0.39 is 10.0 Å². The molecular weight excluding hydrogens is 360 g/mol. The molecule has 0 radical (unpaired) electrons. The first-order chi connectivity index (χ1) is 12.0. The zero-order valence-electron chi connectivity index (χ0n) is 13.8. The highest BCUT2D eigenvalue weighted by atomic mass is 35.5. The number of piperazine rings is 1. The highest BCUT2D eigenvalue weighted by molar-refractivity contribution is 7.89. The van der Waals surface area contributed by atoms with E-state index in [-0.39, 0.29) is 10.9 Å². The SMILES string of the molecule is O=S(=O)(c1cnn(CC2CC2)c1)N1CCNCC1c1cccc(Cl)c1. The van der Waals surface area contributed by atoms with Gasteiger partial charge in [-0.3, -0.25) is 4.68 Å². The highest BCUT2D eigenvalue weighted by Gasteiger charge is 2.35. The number of hydrogen-bond acceptors (Lipinski definition) is 4. The average Bonchev–Trinajstić information content (AvgIpc) is 3.29. The van der Waals surface area contributed by atoms with Crippen LogP contribution < -0.4 is 5.32 Å². The van der Waals surface area contributed by atoms with Crippen molar-refractivity contribution < 1.29 is 8.42 Å². The van der Waals surface area contributed by atoms with Crippen molar-refractivity contribution in [1.82, 2.24) is 19.4 Å². The molecule has 8 heteroatoms. The maximum Gasteiger partial charge on any atom is 0.246 e. The first-order valence-corrected chi connectivity index (χ1v) is 10.4. The third kappa shape index (κ3) is 3.60. The van der Waals surface area contributed by atoms with Crippen molar-refractivity contribution in [1.29, 1.82) is 0 Å². The molecule has 6 nitrogen and oxygen atoms in total. The van der Waals surface area contributed by atoms with E-state index in [1.165, 1.54) is 19.0 Å². The number of benzene rings is 1. The Morgan fingerprint density at radius 1 is 1.32 bits per heavy atom. The van der Waals surface area contributed by atoms with Crippen molar-refractivity contribution in [3.05, 3.63) is 47.2 Å². The highest BCUT2D eigenvalue weighted by Crippen LogP contribution is 2.32. The minimum Gasteiger partial charge on any atom is -0.313 e. The average molecular weight is 381 g/mol. The summed E-state index contributed by atoms with van der Waals surface area (Å²) in [6.07, 6.45) is 5.53. The van der Waals surface area contributed by atoms with E-state index in [0.29, 0.717) is 30.6 Å². The molecule has 2 aromatic rings. The van der Waals surface area contributed by atoms with Crippen molar-refractivity contribution in [3.8, 4) is 0 Å². The van der Waals surface area contributed by atoms with Crippen LogP contribution in [0.3, 0.4) is 0 Å². The summed E-state index contributed by atoms with van der Waals surface area (Å²) in [5, 5.41) is 8.13. The Balaban J connectivity index is 1.63. The second-order valence-electron chi connectivity index (χ2n) is 6.73. The van der Waals surface area contributed by atoms with Gasteiger partial charge in [0, 0.05) is 37.4 Å². The van der Waals surface area contributed by atoms with Crippen molar-refractivity contribution in [2.75, 3.05) is 19.6 Å². The minimum atomic E-state index is -3.60. The Bertz CT molecular complexity index is 863. The number of sulfonamides is 1. The lowest BCUT2D eigenvalue weighted by Gasteiger charge is -2.35. The molecule has 1 saturated carbocycles. The third-order valence-electron chi connectivity index (χ3n) is 4.79. The van der Waals surface area contributed by atoms with Crippen LogP contribution in [0.15, 0.2) is 41.6 Å². The summed E-state index contributed by atoms with van der Waals surface area (Å²) in [5.74, 6) is 0.647. The predicted molar refractivity (Wildman–Crippen MR) is 95.9 cm³/mol. The van der Waals surface area contributed by atoms with E-state index in [4.69, 9.17) is 11.6 Å². The lowest BCUT2D eigenvalue weighted by Crippen LogP contribution is -2.48. The lowest BCUT2D eigenvalue weighted by molar-refractivity contribution is 0.271. The summed E-state index contributed by atoms with van der Waals surface area (Å²) in [6.45, 7) is 2.42. The van der Waals surface area contributed by atoms with Crippen LogP contribution in [0, 0.1) is 5.92 Å². The normalized spacial score (nSPS) is 22.2. The molecule has 2 aliphatic rings. The largest absolute Gasteiger partial charge is 0.313 e. The fourth-order valence-corrected chi connectivity index (χ4v) is 5.02. The van der Waals surface area contributed by atoms with Crippen molar-refractivity contribution in [3.63, 3.8) is 0 Å². The van der Waals surface area contributed by atoms with Gasteiger partial charge in [-0.15, -0.1) is 0 Å². The Labute approximate surface area is 152 Å². The molecular formula is C17H21ClN4O2S. The van der Waals surface area contributed by atoms with Gasteiger partial charge in [0.1, 0.15) is 4.90 Å². The topological polar surface area (TPSA) is 67.2 Å². The molecule has 4 rings (SSSR count). The van der Waals surface area contributed by atoms with Gasteiger partial charge in [-0.1, -0.05) is 23.7 Å². The Morgan fingerprint density at radius 3 is 2.92 bits per heavy atom. The molecule has 25 heavy (non-hydrogen) atoms. The molecule has 1 aliphatic heterocycles. The van der Waals surface area contributed by atoms with Gasteiger partial charge in [-0.25, -0.2) is 8.42 Å². The standard InChI is InChI=1S/C17H21ClN4O2S/c18-15-3-1-2-14(8-15)17-10-19-6-7-22(17)25(23,24)16-9-20-21(12-16)11-13-4-5-13/h1-3,8-9,12-13,17,19H,4-7,10-11H2. The summed E-state index contributed by atoms with van der Waals surface area (Å²) in [5.41, 5.74) is 0.897. The second kappa shape index (κ2) is 6.72. The Hall–Kier alpha value is -1.41. The molecule has 0 bridgehead atoms. The van der Waals surface area contributed by atoms with E-state index in [2.05, 4.69) is 10.4 Å². The maximum absolute atomic E-state index is 13.2. The van der Waals surface area contributed by atoms with E-state index in [1.54, 1.807) is 21.3 Å². The van der Waals surface area contributed by atoms with E-state index >= 15 is 0 Å². The smallest absolute Gasteiger partial charge is 0.246 e. The lowest BCUT2D eigenvalue weighted by atomic mass is 10.1. The molecule has 1 atom stereocenters. The van der Waals surface area contributed by atoms with Crippen LogP contribution in [0.2, 0.25) is 5.02 Å². The minimum absolute atomic E-state index is 0.266. The maximum atomic E-state index is 13.2. The van der Waals surface area contributed by atoms with Crippen LogP contribution in [0.25, 0.3) is 0 Å². The van der Waals surface area contributed by atoms with Crippen LogP contribution in [0.4, 0.5) is 0 Å². The monoisotopic (exact) mass is 380 g/mol. The zero-order chi connectivity index (χ0) is 17.4. The molecule has 1 aliphatic carbocycles. The predicted octanol–water partition coefficient (Wildman–Crippen LogP) is 2.28. The molecule has 134 valence electrons. The fourth-order valence-electron chi connectivity index (χ4n) is 3.25. The molecule has 1 N–H and O–H groups in total. The molecule has 1 aromatic heterocycles. The summed E-state index contributed by atoms with van der Waals surface area (Å²) < 4.78 is 29.7. The summed E-state index contributed by atoms with van der Waals surface area (Å²) >= 11 is 6.10. The molecule has 0 amide bonds. The van der Waals surface area contributed by atoms with Crippen LogP contribution in [0.1, 0.15) is 24.4 Å². The number of aromatic nitrogens is 2. The van der Waals surface area contributed by atoms with Crippen LogP contribution in [-0.4, -0.2) is 42.1 Å². The van der Waals surface area contributed by atoms with Crippen LogP contribution in [0.5, 0.6) is 0 Å². The van der Waals surface area contributed by atoms with Gasteiger partial charge >= 0.3 is 0 Å². The van der Waals surface area contributed by atoms with E-state index in [9.17, 15) is 8.42 Å². The molecule has 1 unspecified atom stereocenters. The quantitative estimate of drug-likeness (QED) is 0.864. The number of hydrogen-bond donors (Lipinski definition) is 1. The number of halogens is 1.